The summed E-state index contributed by atoms with van der Waals surface area (Å²) in [6.45, 7) is 8.10. The van der Waals surface area contributed by atoms with Crippen molar-refractivity contribution in [2.45, 2.75) is 51.7 Å². The molecule has 36 heavy (non-hydrogen) atoms. The minimum absolute atomic E-state index is 0.0111. The number of rotatable bonds is 5. The number of halogens is 4. The highest BCUT2D eigenvalue weighted by Crippen LogP contribution is 2.38. The van der Waals surface area contributed by atoms with Crippen molar-refractivity contribution >= 4 is 38.7 Å². The largest absolute Gasteiger partial charge is 0.462 e. The van der Waals surface area contributed by atoms with Crippen molar-refractivity contribution in [1.82, 2.24) is 19.8 Å². The van der Waals surface area contributed by atoms with E-state index in [4.69, 9.17) is 9.47 Å². The van der Waals surface area contributed by atoms with E-state index in [1.807, 2.05) is 11.9 Å². The van der Waals surface area contributed by atoms with Crippen molar-refractivity contribution in [3.05, 3.63) is 21.9 Å². The van der Waals surface area contributed by atoms with E-state index >= 15 is 4.39 Å². The molecule has 2 aliphatic heterocycles. The molecule has 2 fully saturated rings. The number of likely N-dealkylation sites (tertiary alicyclic amines) is 1. The molecule has 12 heteroatoms. The normalized spacial score (nSPS) is 19.4. The summed E-state index contributed by atoms with van der Waals surface area (Å²) in [5.41, 5.74) is -1.19. The molecule has 198 valence electrons. The molecule has 1 amide bonds. The van der Waals surface area contributed by atoms with E-state index in [0.29, 0.717) is 38.6 Å². The van der Waals surface area contributed by atoms with Crippen LogP contribution in [0.3, 0.4) is 0 Å². The Kier molecular flexibility index (Phi) is 7.84. The zero-order valence-corrected chi connectivity index (χ0v) is 22.4. The number of fused-ring (bicyclic) bond motifs is 1. The summed E-state index contributed by atoms with van der Waals surface area (Å²) in [6.07, 6.45) is -1.27. The van der Waals surface area contributed by atoms with Crippen molar-refractivity contribution in [2.75, 3.05) is 51.3 Å². The first-order valence-electron chi connectivity index (χ1n) is 12.0. The first kappa shape index (κ1) is 26.7. The van der Waals surface area contributed by atoms with Gasteiger partial charge in [-0.05, 0) is 69.2 Å². The Morgan fingerprint density at radius 1 is 1.19 bits per heavy atom. The number of ether oxygens (including phenoxy) is 2. The summed E-state index contributed by atoms with van der Waals surface area (Å²) in [5.74, 6) is -0.589. The third-order valence-corrected chi connectivity index (χ3v) is 7.21. The molecule has 2 saturated heterocycles. The summed E-state index contributed by atoms with van der Waals surface area (Å²) in [7, 11) is 2.01. The van der Waals surface area contributed by atoms with Crippen LogP contribution in [0.25, 0.3) is 10.9 Å². The summed E-state index contributed by atoms with van der Waals surface area (Å²) in [4.78, 5) is 26.8. The van der Waals surface area contributed by atoms with Crippen LogP contribution in [0, 0.1) is 5.82 Å². The number of amides is 1. The number of alkyl halides is 2. The number of nitrogens with zero attached hydrogens (tertiary/aromatic N) is 5. The van der Waals surface area contributed by atoms with Crippen molar-refractivity contribution in [1.29, 1.82) is 0 Å². The zero-order valence-electron chi connectivity index (χ0n) is 20.9. The molecule has 3 heterocycles. The van der Waals surface area contributed by atoms with Crippen LogP contribution < -0.4 is 9.64 Å². The fraction of sp³-hybridized carbons (Fsp3) is 0.625. The maximum Gasteiger partial charge on any atom is 0.410 e. The van der Waals surface area contributed by atoms with Gasteiger partial charge in [0, 0.05) is 43.2 Å². The Morgan fingerprint density at radius 2 is 1.89 bits per heavy atom. The SMILES string of the molecule is CN1CCC[C@H]1COc1nc(N2CCN(C(=O)OC(C)(C)C)CC2)c2cc(C(F)F)c(Br)c(F)c2n1. The van der Waals surface area contributed by atoms with Gasteiger partial charge in [-0.15, -0.1) is 0 Å². The van der Waals surface area contributed by atoms with Crippen LogP contribution in [0.1, 0.15) is 45.6 Å². The van der Waals surface area contributed by atoms with Crippen LogP contribution in [0.5, 0.6) is 6.01 Å². The maximum atomic E-state index is 15.3. The Bertz CT molecular complexity index is 1120. The first-order valence-corrected chi connectivity index (χ1v) is 12.8. The Morgan fingerprint density at radius 3 is 2.47 bits per heavy atom. The second kappa shape index (κ2) is 10.6. The average Bonchev–Trinajstić information content (AvgIpc) is 3.23. The van der Waals surface area contributed by atoms with Crippen molar-refractivity contribution < 1.29 is 27.4 Å². The Labute approximate surface area is 216 Å². The maximum absolute atomic E-state index is 15.3. The van der Waals surface area contributed by atoms with Crippen LogP contribution >= 0.6 is 15.9 Å². The molecule has 1 aromatic heterocycles. The smallest absolute Gasteiger partial charge is 0.410 e. The topological polar surface area (TPSA) is 71.0 Å². The Balaban J connectivity index is 1.65. The van der Waals surface area contributed by atoms with Crippen molar-refractivity contribution in [2.24, 2.45) is 0 Å². The van der Waals surface area contributed by atoms with E-state index in [1.165, 1.54) is 6.07 Å². The summed E-state index contributed by atoms with van der Waals surface area (Å²) in [6, 6.07) is 1.41. The van der Waals surface area contributed by atoms with Crippen molar-refractivity contribution in [3.8, 4) is 6.01 Å². The molecular weight excluding hydrogens is 543 g/mol. The average molecular weight is 574 g/mol. The van der Waals surface area contributed by atoms with Gasteiger partial charge in [0.25, 0.3) is 6.43 Å². The summed E-state index contributed by atoms with van der Waals surface area (Å²) < 4.78 is 53.6. The van der Waals surface area contributed by atoms with Crippen LogP contribution in [0.15, 0.2) is 10.5 Å². The van der Waals surface area contributed by atoms with Gasteiger partial charge in [-0.2, -0.15) is 9.97 Å². The second-order valence-corrected chi connectivity index (χ2v) is 11.0. The Hall–Kier alpha value is -2.34. The lowest BCUT2D eigenvalue weighted by molar-refractivity contribution is 0.0240. The van der Waals surface area contributed by atoms with Gasteiger partial charge in [-0.1, -0.05) is 0 Å². The minimum atomic E-state index is -2.89. The molecule has 8 nitrogen and oxygen atoms in total. The van der Waals surface area contributed by atoms with E-state index in [2.05, 4.69) is 30.8 Å². The molecule has 2 aliphatic rings. The highest BCUT2D eigenvalue weighted by atomic mass is 79.9. The third-order valence-electron chi connectivity index (χ3n) is 6.40. The molecule has 2 aromatic rings. The van der Waals surface area contributed by atoms with Crippen LogP contribution in [0.4, 0.5) is 23.8 Å². The molecule has 0 N–H and O–H groups in total. The van der Waals surface area contributed by atoms with Gasteiger partial charge in [0.15, 0.2) is 5.82 Å². The summed E-state index contributed by atoms with van der Waals surface area (Å²) >= 11 is 2.96. The fourth-order valence-corrected chi connectivity index (χ4v) is 4.91. The molecular formula is C24H31BrF3N5O3. The van der Waals surface area contributed by atoms with E-state index in [0.717, 1.165) is 19.4 Å². The van der Waals surface area contributed by atoms with Gasteiger partial charge >= 0.3 is 12.1 Å². The monoisotopic (exact) mass is 573 g/mol. The molecule has 0 unspecified atom stereocenters. The van der Waals surface area contributed by atoms with Gasteiger partial charge in [0.05, 0.1) is 4.47 Å². The highest BCUT2D eigenvalue weighted by molar-refractivity contribution is 9.10. The predicted molar refractivity (Wildman–Crippen MR) is 133 cm³/mol. The van der Waals surface area contributed by atoms with Crippen LogP contribution in [-0.4, -0.2) is 83.9 Å². The number of carbonyl (C=O) groups is 1. The van der Waals surface area contributed by atoms with Crippen LogP contribution in [-0.2, 0) is 4.74 Å². The predicted octanol–water partition coefficient (Wildman–Crippen LogP) is 5.00. The van der Waals surface area contributed by atoms with E-state index in [9.17, 15) is 13.6 Å². The number of aromatic nitrogens is 2. The van der Waals surface area contributed by atoms with E-state index in [1.54, 1.807) is 25.7 Å². The highest BCUT2D eigenvalue weighted by Gasteiger charge is 2.30. The number of hydrogen-bond donors (Lipinski definition) is 0. The molecule has 0 radical (unpaired) electrons. The molecule has 1 aromatic carbocycles. The number of hydrogen-bond acceptors (Lipinski definition) is 7. The fourth-order valence-electron chi connectivity index (χ4n) is 4.44. The van der Waals surface area contributed by atoms with Gasteiger partial charge in [-0.3, -0.25) is 0 Å². The van der Waals surface area contributed by atoms with E-state index in [-0.39, 0.29) is 27.4 Å². The third kappa shape index (κ3) is 5.80. The van der Waals surface area contributed by atoms with E-state index < -0.39 is 29.5 Å². The molecule has 0 saturated carbocycles. The molecule has 0 aliphatic carbocycles. The quantitative estimate of drug-likeness (QED) is 0.498. The standard InChI is InChI=1S/C24H31BrF3N5O3/c1-24(2,3)36-23(34)33-10-8-32(9-11-33)21-16-12-15(20(27)28)17(25)18(26)19(16)29-22(30-21)35-13-14-6-5-7-31(14)4/h12,14,20H,5-11,13H2,1-4H3/t14-/m0/s1. The van der Waals surface area contributed by atoms with Crippen LogP contribution in [0.2, 0.25) is 0 Å². The number of likely N-dealkylation sites (N-methyl/N-ethyl adjacent to an activating group) is 1. The lowest BCUT2D eigenvalue weighted by Gasteiger charge is -2.36. The molecule has 4 rings (SSSR count). The molecule has 0 bridgehead atoms. The number of anilines is 1. The lowest BCUT2D eigenvalue weighted by atomic mass is 10.1. The molecule has 0 spiro atoms. The van der Waals surface area contributed by atoms with Gasteiger partial charge < -0.3 is 24.2 Å². The van der Waals surface area contributed by atoms with Gasteiger partial charge in [-0.25, -0.2) is 18.0 Å². The van der Waals surface area contributed by atoms with Gasteiger partial charge in [0.1, 0.15) is 23.5 Å². The lowest BCUT2D eigenvalue weighted by Crippen LogP contribution is -2.50. The number of piperazine rings is 1. The number of benzene rings is 1. The van der Waals surface area contributed by atoms with Crippen molar-refractivity contribution in [3.63, 3.8) is 0 Å². The number of carbonyl (C=O) groups excluding carboxylic acids is 1. The first-order chi connectivity index (χ1) is 16.9. The van der Waals surface area contributed by atoms with Gasteiger partial charge in [0.2, 0.25) is 0 Å². The summed E-state index contributed by atoms with van der Waals surface area (Å²) in [5, 5.41) is 0.169. The second-order valence-electron chi connectivity index (χ2n) is 10.2. The molecule has 1 atom stereocenters. The zero-order chi connectivity index (χ0) is 26.2. The minimum Gasteiger partial charge on any atom is -0.462 e.